The first-order valence-electron chi connectivity index (χ1n) is 9.46. The molecule has 1 atom stereocenters. The number of hydrogen-bond acceptors (Lipinski definition) is 3. The van der Waals surface area contributed by atoms with Gasteiger partial charge < -0.3 is 15.1 Å². The average Bonchev–Trinajstić information content (AvgIpc) is 2.68. The Labute approximate surface area is 161 Å². The molecule has 1 N–H and O–H groups in total. The summed E-state index contributed by atoms with van der Waals surface area (Å²) in [5, 5.41) is 2.92. The van der Waals surface area contributed by atoms with Crippen molar-refractivity contribution in [3.63, 3.8) is 0 Å². The van der Waals surface area contributed by atoms with Crippen molar-refractivity contribution in [2.45, 2.75) is 32.2 Å². The van der Waals surface area contributed by atoms with Gasteiger partial charge in [0.15, 0.2) is 0 Å². The van der Waals surface area contributed by atoms with E-state index in [0.717, 1.165) is 31.5 Å². The van der Waals surface area contributed by atoms with Crippen LogP contribution in [0.15, 0.2) is 48.5 Å². The lowest BCUT2D eigenvalue weighted by molar-refractivity contribution is 0.0636. The van der Waals surface area contributed by atoms with Crippen LogP contribution in [0.1, 0.15) is 46.9 Å². The van der Waals surface area contributed by atoms with Gasteiger partial charge in [-0.3, -0.25) is 9.59 Å². The minimum atomic E-state index is -0.217. The number of amides is 2. The van der Waals surface area contributed by atoms with E-state index in [-0.39, 0.29) is 17.9 Å². The topological polar surface area (TPSA) is 52.7 Å². The molecule has 1 aliphatic heterocycles. The smallest absolute Gasteiger partial charge is 0.256 e. The Bertz CT molecular complexity index is 832. The van der Waals surface area contributed by atoms with Crippen LogP contribution in [-0.2, 0) is 0 Å². The van der Waals surface area contributed by atoms with Crippen LogP contribution < -0.4 is 10.2 Å². The van der Waals surface area contributed by atoms with Gasteiger partial charge in [0.25, 0.3) is 11.8 Å². The number of hydrogen-bond donors (Lipinski definition) is 1. The van der Waals surface area contributed by atoms with Crippen LogP contribution in [0.3, 0.4) is 0 Å². The van der Waals surface area contributed by atoms with Gasteiger partial charge in [0, 0.05) is 37.9 Å². The highest BCUT2D eigenvalue weighted by Crippen LogP contribution is 2.24. The van der Waals surface area contributed by atoms with Gasteiger partial charge in [0.1, 0.15) is 0 Å². The molecule has 2 amide bonds. The fraction of sp³-hybridized carbons (Fsp3) is 0.364. The van der Waals surface area contributed by atoms with Crippen molar-refractivity contribution < 1.29 is 9.59 Å². The first kappa shape index (κ1) is 19.0. The molecule has 142 valence electrons. The third-order valence-electron chi connectivity index (χ3n) is 5.09. The molecule has 0 bridgehead atoms. The van der Waals surface area contributed by atoms with Crippen LogP contribution in [0.25, 0.3) is 0 Å². The molecule has 1 fully saturated rings. The first-order chi connectivity index (χ1) is 13.0. The molecule has 0 radical (unpaired) electrons. The van der Waals surface area contributed by atoms with E-state index in [4.69, 9.17) is 0 Å². The normalized spacial score (nSPS) is 16.7. The summed E-state index contributed by atoms with van der Waals surface area (Å²) in [7, 11) is 3.87. The van der Waals surface area contributed by atoms with Crippen molar-refractivity contribution in [1.82, 2.24) is 4.90 Å². The SMILES string of the molecule is CC1CCCCN1C(=O)c1ccccc1NC(=O)c1cccc(N(C)C)c1. The summed E-state index contributed by atoms with van der Waals surface area (Å²) in [6, 6.07) is 14.9. The lowest BCUT2D eigenvalue weighted by atomic mass is 10.0. The molecule has 0 aliphatic carbocycles. The highest BCUT2D eigenvalue weighted by molar-refractivity contribution is 6.09. The molecule has 1 heterocycles. The average molecular weight is 365 g/mol. The second-order valence-corrected chi connectivity index (χ2v) is 7.29. The van der Waals surface area contributed by atoms with E-state index in [9.17, 15) is 9.59 Å². The number of carbonyl (C=O) groups is 2. The molecular weight excluding hydrogens is 338 g/mol. The van der Waals surface area contributed by atoms with E-state index in [1.54, 1.807) is 18.2 Å². The molecule has 0 saturated carbocycles. The third kappa shape index (κ3) is 4.30. The van der Waals surface area contributed by atoms with Gasteiger partial charge >= 0.3 is 0 Å². The van der Waals surface area contributed by atoms with Crippen LogP contribution in [-0.4, -0.2) is 43.4 Å². The fourth-order valence-electron chi connectivity index (χ4n) is 3.45. The van der Waals surface area contributed by atoms with Crippen molar-refractivity contribution in [3.8, 4) is 0 Å². The van der Waals surface area contributed by atoms with Gasteiger partial charge in [-0.25, -0.2) is 0 Å². The molecule has 1 unspecified atom stereocenters. The molecule has 3 rings (SSSR count). The Balaban J connectivity index is 1.83. The number of benzene rings is 2. The van der Waals surface area contributed by atoms with Crippen molar-refractivity contribution in [2.75, 3.05) is 30.9 Å². The molecule has 1 aliphatic rings. The Morgan fingerprint density at radius 1 is 1.07 bits per heavy atom. The molecule has 27 heavy (non-hydrogen) atoms. The molecule has 0 spiro atoms. The van der Waals surface area contributed by atoms with Gasteiger partial charge in [-0.1, -0.05) is 18.2 Å². The number of nitrogens with one attached hydrogen (secondary N) is 1. The number of para-hydroxylation sites is 1. The van der Waals surface area contributed by atoms with Crippen LogP contribution in [0.5, 0.6) is 0 Å². The zero-order chi connectivity index (χ0) is 19.4. The largest absolute Gasteiger partial charge is 0.378 e. The van der Waals surface area contributed by atoms with E-state index in [1.807, 2.05) is 54.2 Å². The van der Waals surface area contributed by atoms with E-state index in [2.05, 4.69) is 12.2 Å². The van der Waals surface area contributed by atoms with Crippen LogP contribution in [0.4, 0.5) is 11.4 Å². The maximum Gasteiger partial charge on any atom is 0.256 e. The van der Waals surface area contributed by atoms with Crippen LogP contribution in [0, 0.1) is 0 Å². The molecule has 0 aromatic heterocycles. The second kappa shape index (κ2) is 8.25. The molecular formula is C22H27N3O2. The monoisotopic (exact) mass is 365 g/mol. The second-order valence-electron chi connectivity index (χ2n) is 7.29. The number of carbonyl (C=O) groups excluding carboxylic acids is 2. The molecule has 5 heteroatoms. The van der Waals surface area contributed by atoms with E-state index < -0.39 is 0 Å². The summed E-state index contributed by atoms with van der Waals surface area (Å²) in [5.74, 6) is -0.231. The Morgan fingerprint density at radius 3 is 2.59 bits per heavy atom. The lowest BCUT2D eigenvalue weighted by Gasteiger charge is -2.34. The van der Waals surface area contributed by atoms with Crippen molar-refractivity contribution in [1.29, 1.82) is 0 Å². The lowest BCUT2D eigenvalue weighted by Crippen LogP contribution is -2.42. The fourth-order valence-corrected chi connectivity index (χ4v) is 3.45. The first-order valence-corrected chi connectivity index (χ1v) is 9.46. The van der Waals surface area contributed by atoms with Crippen LogP contribution in [0.2, 0.25) is 0 Å². The van der Waals surface area contributed by atoms with Crippen molar-refractivity contribution in [3.05, 3.63) is 59.7 Å². The minimum absolute atomic E-state index is 0.0138. The maximum atomic E-state index is 13.1. The number of nitrogens with zero attached hydrogens (tertiary/aromatic N) is 2. The highest BCUT2D eigenvalue weighted by Gasteiger charge is 2.26. The number of rotatable bonds is 4. The van der Waals surface area contributed by atoms with Gasteiger partial charge in [-0.2, -0.15) is 0 Å². The summed E-state index contributed by atoms with van der Waals surface area (Å²) in [6.45, 7) is 2.86. The zero-order valence-corrected chi connectivity index (χ0v) is 16.2. The van der Waals surface area contributed by atoms with Crippen molar-refractivity contribution >= 4 is 23.2 Å². The van der Waals surface area contributed by atoms with Gasteiger partial charge in [0.05, 0.1) is 11.3 Å². The quantitative estimate of drug-likeness (QED) is 0.890. The van der Waals surface area contributed by atoms with E-state index in [0.29, 0.717) is 16.8 Å². The molecule has 2 aromatic carbocycles. The Morgan fingerprint density at radius 2 is 1.85 bits per heavy atom. The summed E-state index contributed by atoms with van der Waals surface area (Å²) in [5.41, 5.74) is 2.62. The van der Waals surface area contributed by atoms with Gasteiger partial charge in [-0.15, -0.1) is 0 Å². The van der Waals surface area contributed by atoms with Gasteiger partial charge in [-0.05, 0) is 56.5 Å². The summed E-state index contributed by atoms with van der Waals surface area (Å²) >= 11 is 0. The Kier molecular flexibility index (Phi) is 5.79. The molecule has 1 saturated heterocycles. The predicted molar refractivity (Wildman–Crippen MR) is 110 cm³/mol. The summed E-state index contributed by atoms with van der Waals surface area (Å²) in [6.07, 6.45) is 3.21. The molecule has 2 aromatic rings. The van der Waals surface area contributed by atoms with E-state index >= 15 is 0 Å². The standard InChI is InChI=1S/C22H27N3O2/c1-16-9-6-7-14-25(16)22(27)19-12-4-5-13-20(19)23-21(26)17-10-8-11-18(15-17)24(2)3/h4-5,8,10-13,15-16H,6-7,9,14H2,1-3H3,(H,23,26). The van der Waals surface area contributed by atoms with Crippen LogP contribution >= 0.6 is 0 Å². The van der Waals surface area contributed by atoms with Crippen molar-refractivity contribution in [2.24, 2.45) is 0 Å². The molecule has 5 nitrogen and oxygen atoms in total. The summed E-state index contributed by atoms with van der Waals surface area (Å²) in [4.78, 5) is 29.7. The maximum absolute atomic E-state index is 13.1. The number of anilines is 2. The Hall–Kier alpha value is -2.82. The number of piperidine rings is 1. The zero-order valence-electron chi connectivity index (χ0n) is 16.2. The van der Waals surface area contributed by atoms with E-state index in [1.165, 1.54) is 0 Å². The third-order valence-corrected chi connectivity index (χ3v) is 5.09. The summed E-state index contributed by atoms with van der Waals surface area (Å²) < 4.78 is 0. The highest BCUT2D eigenvalue weighted by atomic mass is 16.2. The predicted octanol–water partition coefficient (Wildman–Crippen LogP) is 4.02. The number of likely N-dealkylation sites (tertiary alicyclic amines) is 1. The minimum Gasteiger partial charge on any atom is -0.378 e. The van der Waals surface area contributed by atoms with Gasteiger partial charge in [0.2, 0.25) is 0 Å².